The van der Waals surface area contributed by atoms with E-state index in [-0.39, 0.29) is 0 Å². The van der Waals surface area contributed by atoms with E-state index in [4.69, 9.17) is 5.73 Å². The van der Waals surface area contributed by atoms with Gasteiger partial charge in [0.05, 0.1) is 11.8 Å². The van der Waals surface area contributed by atoms with Gasteiger partial charge >= 0.3 is 0 Å². The maximum atomic E-state index is 6.06. The quantitative estimate of drug-likeness (QED) is 0.777. The van der Waals surface area contributed by atoms with Crippen LogP contribution < -0.4 is 5.73 Å². The van der Waals surface area contributed by atoms with Gasteiger partial charge in [-0.25, -0.2) is 9.97 Å². The van der Waals surface area contributed by atoms with E-state index in [0.717, 1.165) is 21.7 Å². The normalized spacial score (nSPS) is 11.1. The number of pyridine rings is 1. The third-order valence-corrected chi connectivity index (χ3v) is 4.27. The zero-order chi connectivity index (χ0) is 13.4. The van der Waals surface area contributed by atoms with E-state index in [1.807, 2.05) is 18.2 Å². The van der Waals surface area contributed by atoms with Crippen molar-refractivity contribution in [2.75, 3.05) is 5.73 Å². The summed E-state index contributed by atoms with van der Waals surface area (Å²) >= 11 is 1.67. The Kier molecular flexibility index (Phi) is 2.91. The van der Waals surface area contributed by atoms with Gasteiger partial charge in [-0.15, -0.1) is 11.3 Å². The van der Waals surface area contributed by atoms with Crippen LogP contribution in [0.1, 0.15) is 22.0 Å². The van der Waals surface area contributed by atoms with Crippen LogP contribution in [0.5, 0.6) is 0 Å². The second-order valence-corrected chi connectivity index (χ2v) is 5.69. The fraction of sp³-hybridized carbons (Fsp3) is 0.214. The molecule has 2 N–H and O–H groups in total. The van der Waals surface area contributed by atoms with Crippen molar-refractivity contribution in [1.82, 2.24) is 15.0 Å². The molecule has 0 aliphatic heterocycles. The summed E-state index contributed by atoms with van der Waals surface area (Å²) in [6.45, 7) is 4.14. The van der Waals surface area contributed by atoms with E-state index in [9.17, 15) is 0 Å². The summed E-state index contributed by atoms with van der Waals surface area (Å²) in [7, 11) is 0. The van der Waals surface area contributed by atoms with Crippen molar-refractivity contribution in [2.24, 2.45) is 0 Å². The van der Waals surface area contributed by atoms with Gasteiger partial charge in [0.15, 0.2) is 0 Å². The number of nitrogen functional groups attached to an aromatic ring is 1. The molecule has 0 aliphatic rings. The number of aromatic nitrogens is 3. The highest BCUT2D eigenvalue weighted by Gasteiger charge is 2.12. The molecule has 5 heteroatoms. The van der Waals surface area contributed by atoms with Gasteiger partial charge in [-0.2, -0.15) is 0 Å². The Morgan fingerprint density at radius 1 is 1.21 bits per heavy atom. The Bertz CT molecular complexity index is 734. The van der Waals surface area contributed by atoms with E-state index in [0.29, 0.717) is 12.2 Å². The van der Waals surface area contributed by atoms with Crippen LogP contribution in [0.2, 0.25) is 0 Å². The molecule has 0 saturated carbocycles. The average molecular weight is 270 g/mol. The minimum atomic E-state index is 0.567. The molecule has 0 bridgehead atoms. The lowest BCUT2D eigenvalue weighted by molar-refractivity contribution is 0.960. The van der Waals surface area contributed by atoms with Crippen molar-refractivity contribution in [3.63, 3.8) is 0 Å². The van der Waals surface area contributed by atoms with Crippen LogP contribution >= 0.6 is 11.3 Å². The molecule has 0 unspecified atom stereocenters. The average Bonchev–Trinajstić information content (AvgIpc) is 2.66. The van der Waals surface area contributed by atoms with E-state index < -0.39 is 0 Å². The molecule has 0 fully saturated rings. The molecule has 3 aromatic rings. The summed E-state index contributed by atoms with van der Waals surface area (Å²) in [4.78, 5) is 15.5. The Hall–Kier alpha value is -2.01. The van der Waals surface area contributed by atoms with Crippen molar-refractivity contribution in [3.05, 3.63) is 46.4 Å². The lowest BCUT2D eigenvalue weighted by Crippen LogP contribution is -2.02. The minimum Gasteiger partial charge on any atom is -0.383 e. The van der Waals surface area contributed by atoms with Crippen LogP contribution in [-0.4, -0.2) is 15.0 Å². The maximum absolute atomic E-state index is 6.06. The molecule has 96 valence electrons. The van der Waals surface area contributed by atoms with Gasteiger partial charge in [-0.1, -0.05) is 6.07 Å². The van der Waals surface area contributed by atoms with Crippen LogP contribution in [0.3, 0.4) is 0 Å². The Labute approximate surface area is 115 Å². The number of rotatable bonds is 2. The molecule has 4 nitrogen and oxygen atoms in total. The predicted octanol–water partition coefficient (Wildman–Crippen LogP) is 2.88. The number of anilines is 1. The molecule has 0 radical (unpaired) electrons. The van der Waals surface area contributed by atoms with Gasteiger partial charge < -0.3 is 5.73 Å². The first-order valence-electron chi connectivity index (χ1n) is 6.07. The highest BCUT2D eigenvalue weighted by molar-refractivity contribution is 7.18. The van der Waals surface area contributed by atoms with Gasteiger partial charge in [-0.3, -0.25) is 4.98 Å². The molecular formula is C14H14N4S. The number of thiophene rings is 1. The lowest BCUT2D eigenvalue weighted by atomic mass is 10.2. The Balaban J connectivity index is 2.06. The first kappa shape index (κ1) is 12.0. The number of hydrogen-bond donors (Lipinski definition) is 1. The van der Waals surface area contributed by atoms with Crippen LogP contribution in [0, 0.1) is 13.8 Å². The largest absolute Gasteiger partial charge is 0.383 e. The van der Waals surface area contributed by atoms with Gasteiger partial charge in [0, 0.05) is 16.8 Å². The zero-order valence-corrected chi connectivity index (χ0v) is 11.7. The standard InChI is InChI=1S/C14H14N4S/c1-8-9(2)19-14-12(8)13(15)17-11(18-14)7-10-5-3-4-6-16-10/h3-6H,7H2,1-2H3,(H2,15,17,18). The van der Waals surface area contributed by atoms with Crippen LogP contribution in [0.15, 0.2) is 24.4 Å². The highest BCUT2D eigenvalue weighted by Crippen LogP contribution is 2.31. The third-order valence-electron chi connectivity index (χ3n) is 3.17. The topological polar surface area (TPSA) is 64.7 Å². The minimum absolute atomic E-state index is 0.567. The lowest BCUT2D eigenvalue weighted by Gasteiger charge is -2.03. The van der Waals surface area contributed by atoms with Crippen molar-refractivity contribution in [2.45, 2.75) is 20.3 Å². The molecule has 0 spiro atoms. The summed E-state index contributed by atoms with van der Waals surface area (Å²) in [6, 6.07) is 5.83. The second kappa shape index (κ2) is 4.59. The molecule has 0 aliphatic carbocycles. The molecule has 0 atom stereocenters. The predicted molar refractivity (Wildman–Crippen MR) is 78.3 cm³/mol. The van der Waals surface area contributed by atoms with Crippen molar-refractivity contribution in [3.8, 4) is 0 Å². The second-order valence-electron chi connectivity index (χ2n) is 4.49. The fourth-order valence-electron chi connectivity index (χ4n) is 2.07. The molecular weight excluding hydrogens is 256 g/mol. The number of nitrogens with two attached hydrogens (primary N) is 1. The number of aryl methyl sites for hydroxylation is 2. The summed E-state index contributed by atoms with van der Waals surface area (Å²) in [6.07, 6.45) is 2.38. The first-order valence-corrected chi connectivity index (χ1v) is 6.89. The summed E-state index contributed by atoms with van der Waals surface area (Å²) < 4.78 is 0. The van der Waals surface area contributed by atoms with Crippen molar-refractivity contribution in [1.29, 1.82) is 0 Å². The van der Waals surface area contributed by atoms with E-state index in [2.05, 4.69) is 28.8 Å². The van der Waals surface area contributed by atoms with Crippen LogP contribution in [0.25, 0.3) is 10.2 Å². The first-order chi connectivity index (χ1) is 9.15. The SMILES string of the molecule is Cc1sc2nc(Cc3ccccn3)nc(N)c2c1C. The van der Waals surface area contributed by atoms with Gasteiger partial charge in [-0.05, 0) is 31.5 Å². The van der Waals surface area contributed by atoms with Gasteiger partial charge in [0.2, 0.25) is 0 Å². The number of fused-ring (bicyclic) bond motifs is 1. The molecule has 3 rings (SSSR count). The van der Waals surface area contributed by atoms with Crippen LogP contribution in [0.4, 0.5) is 5.82 Å². The Morgan fingerprint density at radius 2 is 2.05 bits per heavy atom. The van der Waals surface area contributed by atoms with Gasteiger partial charge in [0.1, 0.15) is 16.5 Å². The number of nitrogens with zero attached hydrogens (tertiary/aromatic N) is 3. The fourth-order valence-corrected chi connectivity index (χ4v) is 3.13. The molecule has 0 saturated heterocycles. The smallest absolute Gasteiger partial charge is 0.138 e. The summed E-state index contributed by atoms with van der Waals surface area (Å²) in [5.41, 5.74) is 8.19. The maximum Gasteiger partial charge on any atom is 0.138 e. The molecule has 3 aromatic heterocycles. The summed E-state index contributed by atoms with van der Waals surface area (Å²) in [5.74, 6) is 1.29. The van der Waals surface area contributed by atoms with Crippen LogP contribution in [-0.2, 0) is 6.42 Å². The number of hydrogen-bond acceptors (Lipinski definition) is 5. The van der Waals surface area contributed by atoms with Crippen molar-refractivity contribution >= 4 is 27.4 Å². The van der Waals surface area contributed by atoms with E-state index in [1.54, 1.807) is 17.5 Å². The van der Waals surface area contributed by atoms with Gasteiger partial charge in [0.25, 0.3) is 0 Å². The molecule has 0 aromatic carbocycles. The molecule has 3 heterocycles. The molecule has 19 heavy (non-hydrogen) atoms. The summed E-state index contributed by atoms with van der Waals surface area (Å²) in [5, 5.41) is 0.993. The Morgan fingerprint density at radius 3 is 2.79 bits per heavy atom. The molecule has 0 amide bonds. The third kappa shape index (κ3) is 2.17. The van der Waals surface area contributed by atoms with Crippen molar-refractivity contribution < 1.29 is 0 Å². The zero-order valence-electron chi connectivity index (χ0n) is 10.8. The van der Waals surface area contributed by atoms with E-state index in [1.165, 1.54) is 10.4 Å². The van der Waals surface area contributed by atoms with E-state index >= 15 is 0 Å². The monoisotopic (exact) mass is 270 g/mol. The highest BCUT2D eigenvalue weighted by atomic mass is 32.1.